The lowest BCUT2D eigenvalue weighted by molar-refractivity contribution is 0.421. The molecule has 0 unspecified atom stereocenters. The van der Waals surface area contributed by atoms with Crippen LogP contribution in [0.15, 0.2) is 47.2 Å². The lowest BCUT2D eigenvalue weighted by Crippen LogP contribution is -2.00. The van der Waals surface area contributed by atoms with Gasteiger partial charge in [0, 0.05) is 27.6 Å². The van der Waals surface area contributed by atoms with Crippen LogP contribution in [0.4, 0.5) is 0 Å². The monoisotopic (exact) mass is 365 g/mol. The van der Waals surface area contributed by atoms with Crippen LogP contribution in [0.25, 0.3) is 11.3 Å². The molecule has 1 aromatic carbocycles. The first-order chi connectivity index (χ1) is 9.22. The number of hydrogen-bond acceptors (Lipinski definition) is 3. The van der Waals surface area contributed by atoms with Crippen LogP contribution in [0.3, 0.4) is 0 Å². The van der Waals surface area contributed by atoms with Gasteiger partial charge in [-0.05, 0) is 41.6 Å². The fraction of sp³-hybridized carbons (Fsp3) is 0.143. The summed E-state index contributed by atoms with van der Waals surface area (Å²) in [7, 11) is 0. The van der Waals surface area contributed by atoms with E-state index in [1.165, 1.54) is 3.57 Å². The van der Waals surface area contributed by atoms with Crippen molar-refractivity contribution in [2.75, 3.05) is 0 Å². The molecule has 0 aliphatic rings. The average Bonchev–Trinajstić information content (AvgIpc) is 3.01. The van der Waals surface area contributed by atoms with Gasteiger partial charge in [-0.1, -0.05) is 17.3 Å². The number of aryl methyl sites for hydroxylation is 1. The largest absolute Gasteiger partial charge is 0.356 e. The Morgan fingerprint density at radius 1 is 1.26 bits per heavy atom. The maximum atomic E-state index is 5.39. The number of imidazole rings is 1. The van der Waals surface area contributed by atoms with Crippen LogP contribution >= 0.6 is 22.6 Å². The van der Waals surface area contributed by atoms with Crippen molar-refractivity contribution in [2.24, 2.45) is 0 Å². The molecule has 0 N–H and O–H groups in total. The van der Waals surface area contributed by atoms with Gasteiger partial charge in [0.2, 0.25) is 0 Å². The van der Waals surface area contributed by atoms with E-state index >= 15 is 0 Å². The van der Waals surface area contributed by atoms with Crippen molar-refractivity contribution in [1.82, 2.24) is 14.7 Å². The van der Waals surface area contributed by atoms with Gasteiger partial charge in [0.1, 0.15) is 11.5 Å². The van der Waals surface area contributed by atoms with Crippen molar-refractivity contribution < 1.29 is 4.52 Å². The highest BCUT2D eigenvalue weighted by Gasteiger charge is 2.08. The van der Waals surface area contributed by atoms with Crippen molar-refractivity contribution >= 4 is 22.6 Å². The van der Waals surface area contributed by atoms with Crippen LogP contribution in [0.2, 0.25) is 0 Å². The molecule has 3 rings (SSSR count). The van der Waals surface area contributed by atoms with Crippen LogP contribution in [-0.2, 0) is 6.54 Å². The molecule has 2 aromatic heterocycles. The highest BCUT2D eigenvalue weighted by atomic mass is 127. The summed E-state index contributed by atoms with van der Waals surface area (Å²) in [4.78, 5) is 4.19. The molecule has 4 nitrogen and oxygen atoms in total. The summed E-state index contributed by atoms with van der Waals surface area (Å²) in [5.41, 5.74) is 1.94. The van der Waals surface area contributed by atoms with Crippen LogP contribution in [0, 0.1) is 10.5 Å². The van der Waals surface area contributed by atoms with Gasteiger partial charge in [-0.25, -0.2) is 4.98 Å². The molecular weight excluding hydrogens is 353 g/mol. The minimum absolute atomic E-state index is 0.680. The highest BCUT2D eigenvalue weighted by molar-refractivity contribution is 14.1. The molecule has 0 aliphatic carbocycles. The lowest BCUT2D eigenvalue weighted by atomic mass is 10.1. The van der Waals surface area contributed by atoms with Gasteiger partial charge >= 0.3 is 0 Å². The molecule has 96 valence electrons. The van der Waals surface area contributed by atoms with E-state index in [4.69, 9.17) is 4.52 Å². The number of rotatable bonds is 3. The summed E-state index contributed by atoms with van der Waals surface area (Å²) >= 11 is 2.28. The standard InChI is InChI=1S/C14H12IN3O/c1-10-16-6-7-18(10)9-13-8-14(19-17-13)11-2-4-12(15)5-3-11/h2-8H,9H2,1H3. The van der Waals surface area contributed by atoms with Crippen LogP contribution in [0.1, 0.15) is 11.5 Å². The van der Waals surface area contributed by atoms with E-state index in [-0.39, 0.29) is 0 Å². The summed E-state index contributed by atoms with van der Waals surface area (Å²) in [5, 5.41) is 4.11. The molecule has 5 heteroatoms. The number of nitrogens with zero attached hydrogens (tertiary/aromatic N) is 3. The van der Waals surface area contributed by atoms with E-state index < -0.39 is 0 Å². The molecule has 3 aromatic rings. The summed E-state index contributed by atoms with van der Waals surface area (Å²) in [6.45, 7) is 2.65. The van der Waals surface area contributed by atoms with Gasteiger partial charge < -0.3 is 9.09 Å². The van der Waals surface area contributed by atoms with Crippen molar-refractivity contribution in [3.05, 3.63) is 57.8 Å². The Labute approximate surface area is 124 Å². The maximum absolute atomic E-state index is 5.39. The van der Waals surface area contributed by atoms with E-state index in [1.54, 1.807) is 6.20 Å². The summed E-state index contributed by atoms with van der Waals surface area (Å²) < 4.78 is 8.63. The Balaban J connectivity index is 1.83. The molecule has 0 fully saturated rings. The molecule has 0 saturated heterocycles. The summed E-state index contributed by atoms with van der Waals surface area (Å²) in [6, 6.07) is 10.2. The molecular formula is C14H12IN3O. The molecule has 0 radical (unpaired) electrons. The zero-order valence-electron chi connectivity index (χ0n) is 10.4. The smallest absolute Gasteiger partial charge is 0.167 e. The van der Waals surface area contributed by atoms with Gasteiger partial charge in [-0.2, -0.15) is 0 Å². The van der Waals surface area contributed by atoms with E-state index in [9.17, 15) is 0 Å². The highest BCUT2D eigenvalue weighted by Crippen LogP contribution is 2.21. The van der Waals surface area contributed by atoms with Gasteiger partial charge in [-0.3, -0.25) is 0 Å². The maximum Gasteiger partial charge on any atom is 0.167 e. The van der Waals surface area contributed by atoms with E-state index in [0.717, 1.165) is 22.8 Å². The van der Waals surface area contributed by atoms with E-state index in [1.807, 2.05) is 35.9 Å². The zero-order chi connectivity index (χ0) is 13.2. The normalized spacial score (nSPS) is 10.8. The number of benzene rings is 1. The molecule has 0 bridgehead atoms. The Bertz CT molecular complexity index is 685. The number of aromatic nitrogens is 3. The van der Waals surface area contributed by atoms with Gasteiger partial charge in [-0.15, -0.1) is 0 Å². The quantitative estimate of drug-likeness (QED) is 0.668. The van der Waals surface area contributed by atoms with Crippen LogP contribution < -0.4 is 0 Å². The first-order valence-electron chi connectivity index (χ1n) is 5.91. The SMILES string of the molecule is Cc1nccn1Cc1cc(-c2ccc(I)cc2)on1. The topological polar surface area (TPSA) is 43.9 Å². The molecule has 19 heavy (non-hydrogen) atoms. The van der Waals surface area contributed by atoms with Crippen molar-refractivity contribution in [2.45, 2.75) is 13.5 Å². The molecule has 0 aliphatic heterocycles. The minimum Gasteiger partial charge on any atom is -0.356 e. The van der Waals surface area contributed by atoms with Crippen molar-refractivity contribution in [3.8, 4) is 11.3 Å². The predicted molar refractivity (Wildman–Crippen MR) is 80.7 cm³/mol. The number of hydrogen-bond donors (Lipinski definition) is 0. The fourth-order valence-corrected chi connectivity index (χ4v) is 2.24. The summed E-state index contributed by atoms with van der Waals surface area (Å²) in [6.07, 6.45) is 3.73. The van der Waals surface area contributed by atoms with Gasteiger partial charge in [0.05, 0.1) is 6.54 Å². The van der Waals surface area contributed by atoms with E-state index in [2.05, 4.69) is 44.9 Å². The molecule has 0 atom stereocenters. The Morgan fingerprint density at radius 3 is 2.74 bits per heavy atom. The minimum atomic E-state index is 0.680. The van der Waals surface area contributed by atoms with Gasteiger partial charge in [0.15, 0.2) is 5.76 Å². The second kappa shape index (κ2) is 5.16. The van der Waals surface area contributed by atoms with Gasteiger partial charge in [0.25, 0.3) is 0 Å². The Morgan fingerprint density at radius 2 is 2.05 bits per heavy atom. The van der Waals surface area contributed by atoms with Crippen molar-refractivity contribution in [3.63, 3.8) is 0 Å². The Hall–Kier alpha value is -1.63. The van der Waals surface area contributed by atoms with E-state index in [0.29, 0.717) is 6.54 Å². The molecule has 2 heterocycles. The zero-order valence-corrected chi connectivity index (χ0v) is 12.5. The molecule has 0 spiro atoms. The third kappa shape index (κ3) is 2.70. The van der Waals surface area contributed by atoms with Crippen LogP contribution in [0.5, 0.6) is 0 Å². The number of halogens is 1. The Kier molecular flexibility index (Phi) is 3.37. The summed E-state index contributed by atoms with van der Waals surface area (Å²) in [5.74, 6) is 1.77. The predicted octanol–water partition coefficient (Wildman–Crippen LogP) is 3.50. The third-order valence-electron chi connectivity index (χ3n) is 2.94. The molecule has 0 amide bonds. The fourth-order valence-electron chi connectivity index (χ4n) is 1.88. The third-order valence-corrected chi connectivity index (χ3v) is 3.66. The average molecular weight is 365 g/mol. The van der Waals surface area contributed by atoms with Crippen molar-refractivity contribution in [1.29, 1.82) is 0 Å². The first-order valence-corrected chi connectivity index (χ1v) is 6.99. The first kappa shape index (κ1) is 12.4. The second-order valence-corrected chi connectivity index (χ2v) is 5.54. The lowest BCUT2D eigenvalue weighted by Gasteiger charge is -1.99. The molecule has 0 saturated carbocycles. The van der Waals surface area contributed by atoms with Crippen LogP contribution in [-0.4, -0.2) is 14.7 Å². The second-order valence-electron chi connectivity index (χ2n) is 4.29.